The number of benzene rings is 1. The van der Waals surface area contributed by atoms with Crippen LogP contribution in [0.15, 0.2) is 35.9 Å². The highest BCUT2D eigenvalue weighted by Gasteiger charge is 2.13. The summed E-state index contributed by atoms with van der Waals surface area (Å²) in [6.45, 7) is 4.43. The highest BCUT2D eigenvalue weighted by atomic mass is 16.5. The van der Waals surface area contributed by atoms with E-state index in [0.29, 0.717) is 13.2 Å². The van der Waals surface area contributed by atoms with E-state index in [9.17, 15) is 20.0 Å². The fourth-order valence-electron chi connectivity index (χ4n) is 2.74. The van der Waals surface area contributed by atoms with Crippen LogP contribution < -0.4 is 10.4 Å². The van der Waals surface area contributed by atoms with Gasteiger partial charge in [-0.2, -0.15) is 5.26 Å². The van der Waals surface area contributed by atoms with Gasteiger partial charge in [-0.3, -0.25) is 4.79 Å². The third kappa shape index (κ3) is 4.63. The summed E-state index contributed by atoms with van der Waals surface area (Å²) in [5, 5.41) is 22.8. The van der Waals surface area contributed by atoms with Crippen molar-refractivity contribution in [3.63, 3.8) is 0 Å². The Kier molecular flexibility index (Phi) is 6.52. The van der Waals surface area contributed by atoms with E-state index in [2.05, 4.69) is 5.32 Å². The fraction of sp³-hybridized carbons (Fsp3) is 0.250. The summed E-state index contributed by atoms with van der Waals surface area (Å²) in [4.78, 5) is 23.0. The molecule has 0 spiro atoms. The zero-order chi connectivity index (χ0) is 20.0. The van der Waals surface area contributed by atoms with Crippen LogP contribution in [0.5, 0.6) is 0 Å². The maximum Gasteiger partial charge on any atom is 0.262 e. The van der Waals surface area contributed by atoms with Crippen LogP contribution in [-0.4, -0.2) is 36.7 Å². The maximum absolute atomic E-state index is 12.1. The van der Waals surface area contributed by atoms with E-state index >= 15 is 0 Å². The van der Waals surface area contributed by atoms with Crippen LogP contribution in [0, 0.1) is 25.2 Å². The Labute approximate surface area is 157 Å². The van der Waals surface area contributed by atoms with Gasteiger partial charge in [0.2, 0.25) is 0 Å². The minimum atomic E-state index is -1.23. The number of methoxy groups -OCH3 is 1. The number of carboxylic acids is 1. The van der Waals surface area contributed by atoms with Gasteiger partial charge in [0.05, 0.1) is 12.6 Å². The highest BCUT2D eigenvalue weighted by Crippen LogP contribution is 2.23. The first-order valence-electron chi connectivity index (χ1n) is 8.28. The second-order valence-electron chi connectivity index (χ2n) is 5.91. The third-order valence-electron chi connectivity index (χ3n) is 4.09. The normalized spacial score (nSPS) is 11.1. The number of carboxylic acid groups (broad SMARTS) is 1. The Bertz CT molecular complexity index is 918. The lowest BCUT2D eigenvalue weighted by molar-refractivity contribution is -0.255. The molecule has 0 aliphatic rings. The Morgan fingerprint density at radius 1 is 1.30 bits per heavy atom. The third-order valence-corrected chi connectivity index (χ3v) is 4.09. The molecule has 0 aliphatic carbocycles. The molecule has 0 atom stereocenters. The van der Waals surface area contributed by atoms with Crippen molar-refractivity contribution in [1.29, 1.82) is 5.26 Å². The van der Waals surface area contributed by atoms with Gasteiger partial charge in [0, 0.05) is 30.7 Å². The van der Waals surface area contributed by atoms with Gasteiger partial charge in [0.1, 0.15) is 11.6 Å². The fourth-order valence-corrected chi connectivity index (χ4v) is 2.74. The molecule has 7 heteroatoms. The van der Waals surface area contributed by atoms with E-state index in [1.54, 1.807) is 12.1 Å². The summed E-state index contributed by atoms with van der Waals surface area (Å²) in [5.74, 6) is -1.69. The van der Waals surface area contributed by atoms with Gasteiger partial charge in [-0.1, -0.05) is 12.1 Å². The number of hydrogen-bond donors (Lipinski definition) is 1. The molecule has 1 heterocycles. The minimum absolute atomic E-state index is 0.00125. The van der Waals surface area contributed by atoms with E-state index in [4.69, 9.17) is 4.74 Å². The molecule has 1 aromatic carbocycles. The lowest BCUT2D eigenvalue weighted by atomic mass is 10.1. The van der Waals surface area contributed by atoms with Crippen molar-refractivity contribution < 1.29 is 19.4 Å². The topological polar surface area (TPSA) is 107 Å². The number of nitriles is 1. The molecular weight excluding hydrogens is 346 g/mol. The molecule has 2 rings (SSSR count). The molecule has 0 aliphatic heterocycles. The lowest BCUT2D eigenvalue weighted by Crippen LogP contribution is -2.27. The number of carbonyl (C=O) groups is 2. The molecule has 140 valence electrons. The summed E-state index contributed by atoms with van der Waals surface area (Å²) in [6, 6.07) is 10.1. The molecule has 0 bridgehead atoms. The van der Waals surface area contributed by atoms with Gasteiger partial charge >= 0.3 is 0 Å². The van der Waals surface area contributed by atoms with Crippen LogP contribution in [0.25, 0.3) is 11.8 Å². The quantitative estimate of drug-likeness (QED) is 0.449. The van der Waals surface area contributed by atoms with E-state index in [1.807, 2.05) is 30.6 Å². The minimum Gasteiger partial charge on any atom is -0.545 e. The molecule has 7 nitrogen and oxygen atoms in total. The van der Waals surface area contributed by atoms with E-state index in [1.165, 1.54) is 25.3 Å². The number of ether oxygens (including phenoxy) is 1. The number of aromatic nitrogens is 1. The summed E-state index contributed by atoms with van der Waals surface area (Å²) >= 11 is 0. The molecular formula is C20H20N3O4-. The van der Waals surface area contributed by atoms with Crippen molar-refractivity contribution in [2.45, 2.75) is 13.8 Å². The first-order chi connectivity index (χ1) is 12.9. The number of hydrogen-bond acceptors (Lipinski definition) is 5. The van der Waals surface area contributed by atoms with Gasteiger partial charge in [-0.05, 0) is 49.2 Å². The highest BCUT2D eigenvalue weighted by molar-refractivity contribution is 6.01. The average molecular weight is 366 g/mol. The summed E-state index contributed by atoms with van der Waals surface area (Å²) in [5.41, 5.74) is 3.32. The van der Waals surface area contributed by atoms with Crippen molar-refractivity contribution in [2.75, 3.05) is 20.3 Å². The number of aryl methyl sites for hydroxylation is 1. The molecule has 1 aromatic heterocycles. The maximum atomic E-state index is 12.1. The average Bonchev–Trinajstić information content (AvgIpc) is 2.93. The van der Waals surface area contributed by atoms with E-state index in [-0.39, 0.29) is 11.1 Å². The Hall–Kier alpha value is -3.37. The first kappa shape index (κ1) is 19.9. The van der Waals surface area contributed by atoms with E-state index < -0.39 is 11.9 Å². The van der Waals surface area contributed by atoms with Crippen LogP contribution in [0.2, 0.25) is 0 Å². The first-order valence-corrected chi connectivity index (χ1v) is 8.28. The molecule has 0 unspecified atom stereocenters. The number of nitrogens with one attached hydrogen (secondary N) is 1. The van der Waals surface area contributed by atoms with Crippen molar-refractivity contribution in [1.82, 2.24) is 9.88 Å². The molecule has 1 amide bonds. The predicted molar refractivity (Wildman–Crippen MR) is 98.0 cm³/mol. The SMILES string of the molecule is COCCNC(=O)/C(C#N)=C/c1cc(C)n(-c2ccc(C(=O)[O-])cc2)c1C. The lowest BCUT2D eigenvalue weighted by Gasteiger charge is -2.11. The van der Waals surface area contributed by atoms with Gasteiger partial charge in [-0.15, -0.1) is 0 Å². The molecule has 27 heavy (non-hydrogen) atoms. The number of carbonyl (C=O) groups excluding carboxylic acids is 2. The monoisotopic (exact) mass is 366 g/mol. The largest absolute Gasteiger partial charge is 0.545 e. The van der Waals surface area contributed by atoms with Gasteiger partial charge in [0.25, 0.3) is 5.91 Å². The number of amides is 1. The van der Waals surface area contributed by atoms with Crippen LogP contribution in [0.3, 0.4) is 0 Å². The van der Waals surface area contributed by atoms with Crippen molar-refractivity contribution in [3.8, 4) is 11.8 Å². The van der Waals surface area contributed by atoms with E-state index in [0.717, 1.165) is 22.6 Å². The Balaban J connectivity index is 2.35. The van der Waals surface area contributed by atoms with Gasteiger partial charge in [-0.25, -0.2) is 0 Å². The summed E-state index contributed by atoms with van der Waals surface area (Å²) in [7, 11) is 1.53. The number of nitrogens with zero attached hydrogens (tertiary/aromatic N) is 2. The second kappa shape index (κ2) is 8.83. The molecule has 2 aromatic rings. The van der Waals surface area contributed by atoms with Crippen LogP contribution in [0.1, 0.15) is 27.3 Å². The molecule has 0 saturated heterocycles. The van der Waals surface area contributed by atoms with Crippen LogP contribution in [0.4, 0.5) is 0 Å². The smallest absolute Gasteiger partial charge is 0.262 e. The summed E-state index contributed by atoms with van der Waals surface area (Å²) in [6.07, 6.45) is 1.54. The summed E-state index contributed by atoms with van der Waals surface area (Å²) < 4.78 is 6.79. The number of rotatable bonds is 7. The Morgan fingerprint density at radius 2 is 1.96 bits per heavy atom. The number of aromatic carboxylic acids is 1. The van der Waals surface area contributed by atoms with Crippen molar-refractivity contribution in [2.24, 2.45) is 0 Å². The molecule has 1 N–H and O–H groups in total. The molecule has 0 fully saturated rings. The van der Waals surface area contributed by atoms with Crippen molar-refractivity contribution >= 4 is 18.0 Å². The second-order valence-corrected chi connectivity index (χ2v) is 5.91. The van der Waals surface area contributed by atoms with Gasteiger partial charge in [0.15, 0.2) is 0 Å². The molecule has 0 radical (unpaired) electrons. The van der Waals surface area contributed by atoms with Gasteiger partial charge < -0.3 is 24.5 Å². The van der Waals surface area contributed by atoms with Crippen LogP contribution >= 0.6 is 0 Å². The zero-order valence-electron chi connectivity index (χ0n) is 15.4. The zero-order valence-corrected chi connectivity index (χ0v) is 15.4. The Morgan fingerprint density at radius 3 is 2.52 bits per heavy atom. The standard InChI is InChI=1S/C20H21N3O4/c1-13-10-16(11-17(12-21)19(24)22-8-9-27-3)14(2)23(13)18-6-4-15(5-7-18)20(25)26/h4-7,10-11H,8-9H2,1-3H3,(H,22,24)(H,25,26)/p-1/b17-11+. The van der Waals surface area contributed by atoms with Crippen molar-refractivity contribution in [3.05, 3.63) is 58.4 Å². The predicted octanol–water partition coefficient (Wildman–Crippen LogP) is 1.13. The van der Waals surface area contributed by atoms with Crippen LogP contribution in [-0.2, 0) is 9.53 Å². The molecule has 0 saturated carbocycles.